The first-order chi connectivity index (χ1) is 15.3. The van der Waals surface area contributed by atoms with Crippen molar-refractivity contribution < 1.29 is 4.74 Å². The van der Waals surface area contributed by atoms with Crippen LogP contribution in [0.25, 0.3) is 22.2 Å². The van der Waals surface area contributed by atoms with Crippen LogP contribution in [-0.2, 0) is 11.2 Å². The van der Waals surface area contributed by atoms with Crippen molar-refractivity contribution in [3.63, 3.8) is 0 Å². The Bertz CT molecular complexity index is 1170. The first-order valence-corrected chi connectivity index (χ1v) is 11.3. The van der Waals surface area contributed by atoms with Gasteiger partial charge < -0.3 is 15.4 Å². The first kappa shape index (κ1) is 20.1. The van der Waals surface area contributed by atoms with E-state index in [0.29, 0.717) is 13.0 Å². The van der Waals surface area contributed by atoms with Crippen LogP contribution >= 0.6 is 11.9 Å². The largest absolute Gasteiger partial charge is 0.378 e. The monoisotopic (exact) mass is 431 g/mol. The maximum atomic E-state index is 5.83. The zero-order valence-corrected chi connectivity index (χ0v) is 18.1. The molecule has 2 aromatic carbocycles. The number of anilines is 1. The number of nitrogens with two attached hydrogens (primary N) is 1. The summed E-state index contributed by atoms with van der Waals surface area (Å²) in [5, 5.41) is 1.18. The number of aromatic nitrogens is 3. The van der Waals surface area contributed by atoms with Crippen LogP contribution in [0.4, 0.5) is 5.82 Å². The van der Waals surface area contributed by atoms with Gasteiger partial charge in [0, 0.05) is 47.6 Å². The average molecular weight is 432 g/mol. The van der Waals surface area contributed by atoms with E-state index in [1.54, 1.807) is 11.9 Å². The van der Waals surface area contributed by atoms with Crippen molar-refractivity contribution >= 4 is 28.7 Å². The Balaban J connectivity index is 1.56. The maximum Gasteiger partial charge on any atom is 0.133 e. The van der Waals surface area contributed by atoms with Crippen LogP contribution in [0.2, 0.25) is 0 Å². The van der Waals surface area contributed by atoms with Crippen LogP contribution in [-0.4, -0.2) is 46.8 Å². The molecule has 1 saturated heterocycles. The van der Waals surface area contributed by atoms with E-state index >= 15 is 0 Å². The summed E-state index contributed by atoms with van der Waals surface area (Å²) in [6.45, 7) is 3.65. The quantitative estimate of drug-likeness (QED) is 0.498. The normalized spacial score (nSPS) is 14.3. The molecule has 5 rings (SSSR count). The van der Waals surface area contributed by atoms with Gasteiger partial charge in [-0.3, -0.25) is 3.97 Å². The Labute approximate surface area is 186 Å². The minimum Gasteiger partial charge on any atom is -0.378 e. The highest BCUT2D eigenvalue weighted by Crippen LogP contribution is 2.33. The molecule has 0 atom stereocenters. The van der Waals surface area contributed by atoms with Gasteiger partial charge in [-0.1, -0.05) is 30.3 Å². The first-order valence-electron chi connectivity index (χ1n) is 10.6. The second-order valence-corrected chi connectivity index (χ2v) is 8.50. The number of benzene rings is 2. The highest BCUT2D eigenvalue weighted by atomic mass is 32.2. The lowest BCUT2D eigenvalue weighted by Crippen LogP contribution is -2.37. The molecule has 2 N–H and O–H groups in total. The van der Waals surface area contributed by atoms with E-state index in [1.165, 1.54) is 15.8 Å². The van der Waals surface area contributed by atoms with Crippen molar-refractivity contribution in [2.45, 2.75) is 11.3 Å². The molecule has 0 amide bonds. The molecule has 0 radical (unpaired) electrons. The van der Waals surface area contributed by atoms with Crippen LogP contribution in [0, 0.1) is 0 Å². The van der Waals surface area contributed by atoms with Crippen LogP contribution < -0.4 is 10.6 Å². The summed E-state index contributed by atoms with van der Waals surface area (Å²) >= 11 is 1.71. The van der Waals surface area contributed by atoms with E-state index in [4.69, 9.17) is 20.4 Å². The van der Waals surface area contributed by atoms with Crippen molar-refractivity contribution in [3.05, 3.63) is 72.7 Å². The fourth-order valence-electron chi connectivity index (χ4n) is 3.86. The Morgan fingerprint density at radius 2 is 1.81 bits per heavy atom. The number of hydrogen-bond acceptors (Lipinski definition) is 6. The summed E-state index contributed by atoms with van der Waals surface area (Å²) in [7, 11) is 0. The van der Waals surface area contributed by atoms with Gasteiger partial charge in [0.25, 0.3) is 0 Å². The number of fused-ring (bicyclic) bond motifs is 1. The fourth-order valence-corrected chi connectivity index (χ4v) is 4.74. The van der Waals surface area contributed by atoms with Crippen molar-refractivity contribution in [1.29, 1.82) is 0 Å². The molecule has 0 bridgehead atoms. The summed E-state index contributed by atoms with van der Waals surface area (Å²) in [4.78, 5) is 13.1. The van der Waals surface area contributed by atoms with E-state index < -0.39 is 0 Å². The highest BCUT2D eigenvalue weighted by molar-refractivity contribution is 7.98. The number of hydrogen-bond donors (Lipinski definition) is 1. The Kier molecular flexibility index (Phi) is 5.88. The van der Waals surface area contributed by atoms with E-state index in [0.717, 1.165) is 49.2 Å². The molecule has 0 spiro atoms. The minimum atomic E-state index is 0.528. The lowest BCUT2D eigenvalue weighted by Gasteiger charge is -2.28. The second-order valence-electron chi connectivity index (χ2n) is 7.45. The molecule has 6 nitrogen and oxygen atoms in total. The number of ether oxygens (including phenoxy) is 1. The topological polar surface area (TPSA) is 69.2 Å². The zero-order valence-electron chi connectivity index (χ0n) is 17.3. The zero-order chi connectivity index (χ0) is 21.0. The molecule has 2 aromatic heterocycles. The van der Waals surface area contributed by atoms with Gasteiger partial charge in [0.2, 0.25) is 0 Å². The summed E-state index contributed by atoms with van der Waals surface area (Å²) < 4.78 is 7.72. The van der Waals surface area contributed by atoms with Gasteiger partial charge in [-0.05, 0) is 42.8 Å². The molecule has 0 unspecified atom stereocenters. The van der Waals surface area contributed by atoms with Crippen LogP contribution in [0.5, 0.6) is 0 Å². The number of morpholine rings is 1. The summed E-state index contributed by atoms with van der Waals surface area (Å²) in [6.07, 6.45) is 2.78. The van der Waals surface area contributed by atoms with Crippen molar-refractivity contribution in [2.24, 2.45) is 5.73 Å². The molecular formula is C24H25N5OS. The Morgan fingerprint density at radius 3 is 2.61 bits per heavy atom. The van der Waals surface area contributed by atoms with Gasteiger partial charge in [0.05, 0.1) is 24.4 Å². The molecule has 7 heteroatoms. The summed E-state index contributed by atoms with van der Waals surface area (Å²) in [6, 6.07) is 21.1. The maximum absolute atomic E-state index is 5.83. The van der Waals surface area contributed by atoms with Crippen molar-refractivity contribution in [1.82, 2.24) is 13.9 Å². The number of nitrogens with zero attached hydrogens (tertiary/aromatic N) is 4. The van der Waals surface area contributed by atoms with Crippen molar-refractivity contribution in [3.8, 4) is 11.3 Å². The van der Waals surface area contributed by atoms with E-state index in [-0.39, 0.29) is 0 Å². The molecule has 4 aromatic rings. The third kappa shape index (κ3) is 4.30. The molecule has 1 fully saturated rings. The predicted molar refractivity (Wildman–Crippen MR) is 126 cm³/mol. The standard InChI is InChI=1S/C24H25N5OS/c25-11-9-23-26-21(17-24(27-23)28-13-15-30-16-14-28)19-7-4-8-22-20(19)10-12-29(22)31-18-5-2-1-3-6-18/h1-8,10,12,17H,9,11,13-16,25H2. The molecule has 1 aliphatic rings. The van der Waals surface area contributed by atoms with Gasteiger partial charge in [0.1, 0.15) is 11.6 Å². The third-order valence-corrected chi connectivity index (χ3v) is 6.38. The van der Waals surface area contributed by atoms with Crippen LogP contribution in [0.3, 0.4) is 0 Å². The van der Waals surface area contributed by atoms with Gasteiger partial charge in [-0.2, -0.15) is 0 Å². The second kappa shape index (κ2) is 9.09. The van der Waals surface area contributed by atoms with Crippen molar-refractivity contribution in [2.75, 3.05) is 37.7 Å². The molecule has 31 heavy (non-hydrogen) atoms. The van der Waals surface area contributed by atoms with E-state index in [9.17, 15) is 0 Å². The molecule has 158 valence electrons. The molecule has 0 aliphatic carbocycles. The number of rotatable bonds is 6. The van der Waals surface area contributed by atoms with E-state index in [1.807, 2.05) is 6.07 Å². The third-order valence-electron chi connectivity index (χ3n) is 5.38. The molecule has 3 heterocycles. The lowest BCUT2D eigenvalue weighted by atomic mass is 10.1. The average Bonchev–Trinajstić information content (AvgIpc) is 3.23. The Morgan fingerprint density at radius 1 is 0.968 bits per heavy atom. The SMILES string of the molecule is NCCc1nc(-c2cccc3c2ccn3Sc2ccccc2)cc(N2CCOCC2)n1. The van der Waals surface area contributed by atoms with E-state index in [2.05, 4.69) is 69.7 Å². The lowest BCUT2D eigenvalue weighted by molar-refractivity contribution is 0.122. The molecule has 0 saturated carbocycles. The van der Waals surface area contributed by atoms with Crippen LogP contribution in [0.1, 0.15) is 5.82 Å². The summed E-state index contributed by atoms with van der Waals surface area (Å²) in [5.41, 5.74) is 9.04. The smallest absolute Gasteiger partial charge is 0.133 e. The van der Waals surface area contributed by atoms with Gasteiger partial charge in [0.15, 0.2) is 0 Å². The van der Waals surface area contributed by atoms with Crippen LogP contribution in [0.15, 0.2) is 71.8 Å². The summed E-state index contributed by atoms with van der Waals surface area (Å²) in [5.74, 6) is 1.74. The van der Waals surface area contributed by atoms with Gasteiger partial charge in [-0.25, -0.2) is 9.97 Å². The van der Waals surface area contributed by atoms with Gasteiger partial charge in [-0.15, -0.1) is 0 Å². The Hall–Kier alpha value is -2.87. The fraction of sp³-hybridized carbons (Fsp3) is 0.250. The highest BCUT2D eigenvalue weighted by Gasteiger charge is 2.17. The molecular weight excluding hydrogens is 406 g/mol. The predicted octanol–water partition coefficient (Wildman–Crippen LogP) is 3.99. The van der Waals surface area contributed by atoms with Gasteiger partial charge >= 0.3 is 0 Å². The molecule has 1 aliphatic heterocycles. The minimum absolute atomic E-state index is 0.528.